The van der Waals surface area contributed by atoms with Crippen LogP contribution in [-0.2, 0) is 6.54 Å². The number of nitriles is 1. The average Bonchev–Trinajstić information content (AvgIpc) is 2.76. The summed E-state index contributed by atoms with van der Waals surface area (Å²) in [6, 6.07) is 6.16. The van der Waals surface area contributed by atoms with Crippen molar-refractivity contribution in [1.29, 1.82) is 5.26 Å². The number of nitrogens with zero attached hydrogens (tertiary/aromatic N) is 2. The summed E-state index contributed by atoms with van der Waals surface area (Å²) in [5.41, 5.74) is 1.13. The van der Waals surface area contributed by atoms with Crippen molar-refractivity contribution in [2.45, 2.75) is 13.5 Å². The van der Waals surface area contributed by atoms with E-state index in [0.29, 0.717) is 0 Å². The van der Waals surface area contributed by atoms with Crippen LogP contribution in [0.15, 0.2) is 16.6 Å². The molecule has 1 unspecified atom stereocenters. The highest BCUT2D eigenvalue weighted by Gasteiger charge is 2.17. The number of hydrogen-bond donors (Lipinski definition) is 0. The Balaban J connectivity index is 2.08. The number of ether oxygens (including phenoxy) is 2. The summed E-state index contributed by atoms with van der Waals surface area (Å²) in [6.07, 6.45) is 0. The van der Waals surface area contributed by atoms with E-state index >= 15 is 0 Å². The number of hydrogen-bond acceptors (Lipinski definition) is 4. The Bertz CT molecular complexity index is 485. The van der Waals surface area contributed by atoms with Gasteiger partial charge in [0.05, 0.1) is 12.0 Å². The number of halogens is 1. The van der Waals surface area contributed by atoms with Gasteiger partial charge in [0.15, 0.2) is 11.5 Å². The van der Waals surface area contributed by atoms with Gasteiger partial charge < -0.3 is 14.4 Å². The standard InChI is InChI=1S/C13H15BrN2O2/c1-9(5-15)6-16(2)7-10-3-12-13(4-11(10)14)18-8-17-12/h3-4,9H,6-8H2,1-2H3. The number of fused-ring (bicyclic) bond motifs is 1. The third-order valence-electron chi connectivity index (χ3n) is 2.79. The van der Waals surface area contributed by atoms with Gasteiger partial charge in [-0.1, -0.05) is 15.9 Å². The van der Waals surface area contributed by atoms with Crippen LogP contribution >= 0.6 is 15.9 Å². The third-order valence-corrected chi connectivity index (χ3v) is 3.53. The number of rotatable bonds is 4. The molecule has 0 fully saturated rings. The van der Waals surface area contributed by atoms with Crippen LogP contribution in [0.5, 0.6) is 11.5 Å². The zero-order valence-corrected chi connectivity index (χ0v) is 12.0. The molecule has 1 heterocycles. The van der Waals surface area contributed by atoms with Crippen molar-refractivity contribution in [1.82, 2.24) is 4.90 Å². The normalized spacial score (nSPS) is 14.6. The van der Waals surface area contributed by atoms with E-state index in [4.69, 9.17) is 14.7 Å². The highest BCUT2D eigenvalue weighted by atomic mass is 79.9. The summed E-state index contributed by atoms with van der Waals surface area (Å²) in [7, 11) is 2.00. The Morgan fingerprint density at radius 2 is 2.11 bits per heavy atom. The maximum absolute atomic E-state index is 8.81. The maximum Gasteiger partial charge on any atom is 0.231 e. The molecule has 96 valence electrons. The second-order valence-electron chi connectivity index (χ2n) is 4.52. The summed E-state index contributed by atoms with van der Waals surface area (Å²) >= 11 is 3.53. The Labute approximate surface area is 115 Å². The highest BCUT2D eigenvalue weighted by molar-refractivity contribution is 9.10. The minimum atomic E-state index is 0.0304. The van der Waals surface area contributed by atoms with E-state index in [1.807, 2.05) is 26.1 Å². The van der Waals surface area contributed by atoms with Gasteiger partial charge in [-0.2, -0.15) is 5.26 Å². The number of benzene rings is 1. The molecule has 2 rings (SSSR count). The fraction of sp³-hybridized carbons (Fsp3) is 0.462. The smallest absolute Gasteiger partial charge is 0.231 e. The molecule has 0 radical (unpaired) electrons. The lowest BCUT2D eigenvalue weighted by atomic mass is 10.1. The Kier molecular flexibility index (Phi) is 4.10. The minimum absolute atomic E-state index is 0.0304. The largest absolute Gasteiger partial charge is 0.454 e. The average molecular weight is 311 g/mol. The fourth-order valence-corrected chi connectivity index (χ4v) is 2.39. The Hall–Kier alpha value is -1.25. The molecular weight excluding hydrogens is 296 g/mol. The summed E-state index contributed by atoms with van der Waals surface area (Å²) in [5.74, 6) is 1.59. The molecule has 1 aromatic carbocycles. The van der Waals surface area contributed by atoms with Crippen LogP contribution in [0.1, 0.15) is 12.5 Å². The lowest BCUT2D eigenvalue weighted by molar-refractivity contribution is 0.174. The lowest BCUT2D eigenvalue weighted by Crippen LogP contribution is -2.23. The summed E-state index contributed by atoms with van der Waals surface area (Å²) < 4.78 is 11.7. The van der Waals surface area contributed by atoms with Crippen LogP contribution in [0.4, 0.5) is 0 Å². The van der Waals surface area contributed by atoms with Crippen molar-refractivity contribution < 1.29 is 9.47 Å². The quantitative estimate of drug-likeness (QED) is 0.858. The molecule has 0 bridgehead atoms. The zero-order chi connectivity index (χ0) is 13.1. The summed E-state index contributed by atoms with van der Waals surface area (Å²) in [6.45, 7) is 3.72. The molecule has 0 aliphatic carbocycles. The molecule has 1 atom stereocenters. The molecule has 0 spiro atoms. The van der Waals surface area contributed by atoms with E-state index in [0.717, 1.165) is 34.6 Å². The molecule has 4 nitrogen and oxygen atoms in total. The predicted molar refractivity (Wildman–Crippen MR) is 71.4 cm³/mol. The van der Waals surface area contributed by atoms with E-state index in [2.05, 4.69) is 26.9 Å². The fourth-order valence-electron chi connectivity index (χ4n) is 1.94. The van der Waals surface area contributed by atoms with Gasteiger partial charge in [-0.25, -0.2) is 0 Å². The SMILES string of the molecule is CC(C#N)CN(C)Cc1cc2c(cc1Br)OCO2. The topological polar surface area (TPSA) is 45.5 Å². The Morgan fingerprint density at radius 3 is 2.78 bits per heavy atom. The molecule has 1 aliphatic heterocycles. The van der Waals surface area contributed by atoms with Gasteiger partial charge in [0.2, 0.25) is 6.79 Å². The molecule has 0 saturated heterocycles. The molecule has 18 heavy (non-hydrogen) atoms. The van der Waals surface area contributed by atoms with Crippen LogP contribution < -0.4 is 9.47 Å². The van der Waals surface area contributed by atoms with Crippen LogP contribution in [-0.4, -0.2) is 25.3 Å². The maximum atomic E-state index is 8.81. The zero-order valence-electron chi connectivity index (χ0n) is 10.4. The van der Waals surface area contributed by atoms with Crippen LogP contribution in [0.2, 0.25) is 0 Å². The van der Waals surface area contributed by atoms with Crippen LogP contribution in [0, 0.1) is 17.2 Å². The van der Waals surface area contributed by atoms with Crippen molar-refractivity contribution in [3.63, 3.8) is 0 Å². The first-order chi connectivity index (χ1) is 8.60. The van der Waals surface area contributed by atoms with Crippen molar-refractivity contribution in [3.8, 4) is 17.6 Å². The first kappa shape index (κ1) is 13.2. The van der Waals surface area contributed by atoms with E-state index < -0.39 is 0 Å². The molecule has 0 aromatic heterocycles. The van der Waals surface area contributed by atoms with Crippen molar-refractivity contribution >= 4 is 15.9 Å². The second-order valence-corrected chi connectivity index (χ2v) is 5.38. The van der Waals surface area contributed by atoms with E-state index in [-0.39, 0.29) is 12.7 Å². The molecule has 5 heteroatoms. The van der Waals surface area contributed by atoms with Gasteiger partial charge in [-0.15, -0.1) is 0 Å². The van der Waals surface area contributed by atoms with E-state index in [1.54, 1.807) is 0 Å². The van der Waals surface area contributed by atoms with Crippen LogP contribution in [0.25, 0.3) is 0 Å². The van der Waals surface area contributed by atoms with Gasteiger partial charge in [0, 0.05) is 17.6 Å². The highest BCUT2D eigenvalue weighted by Crippen LogP contribution is 2.37. The van der Waals surface area contributed by atoms with Crippen molar-refractivity contribution in [2.24, 2.45) is 5.92 Å². The molecule has 1 aliphatic rings. The summed E-state index contributed by atoms with van der Waals surface area (Å²) in [5, 5.41) is 8.81. The summed E-state index contributed by atoms with van der Waals surface area (Å²) in [4.78, 5) is 2.12. The molecule has 0 N–H and O–H groups in total. The molecule has 0 saturated carbocycles. The Morgan fingerprint density at radius 1 is 1.44 bits per heavy atom. The van der Waals surface area contributed by atoms with Gasteiger partial charge in [0.1, 0.15) is 0 Å². The van der Waals surface area contributed by atoms with Gasteiger partial charge in [-0.3, -0.25) is 0 Å². The monoisotopic (exact) mass is 310 g/mol. The predicted octanol–water partition coefficient (Wildman–Crippen LogP) is 2.77. The van der Waals surface area contributed by atoms with Crippen molar-refractivity contribution in [3.05, 3.63) is 22.2 Å². The second kappa shape index (κ2) is 5.59. The first-order valence-corrected chi connectivity index (χ1v) is 6.55. The molecular formula is C13H15BrN2O2. The van der Waals surface area contributed by atoms with Gasteiger partial charge in [0.25, 0.3) is 0 Å². The minimum Gasteiger partial charge on any atom is -0.454 e. The first-order valence-electron chi connectivity index (χ1n) is 5.76. The van der Waals surface area contributed by atoms with Gasteiger partial charge >= 0.3 is 0 Å². The van der Waals surface area contributed by atoms with E-state index in [1.165, 1.54) is 0 Å². The molecule has 0 amide bonds. The third kappa shape index (κ3) is 2.95. The van der Waals surface area contributed by atoms with Crippen molar-refractivity contribution in [2.75, 3.05) is 20.4 Å². The van der Waals surface area contributed by atoms with E-state index in [9.17, 15) is 0 Å². The van der Waals surface area contributed by atoms with Crippen LogP contribution in [0.3, 0.4) is 0 Å². The van der Waals surface area contributed by atoms with Gasteiger partial charge in [-0.05, 0) is 31.7 Å². The lowest BCUT2D eigenvalue weighted by Gasteiger charge is -2.18. The molecule has 1 aromatic rings.